The highest BCUT2D eigenvalue weighted by Crippen LogP contribution is 2.35. The van der Waals surface area contributed by atoms with Crippen LogP contribution in [0.1, 0.15) is 30.9 Å². The van der Waals surface area contributed by atoms with Crippen molar-refractivity contribution < 1.29 is 13.2 Å². The highest BCUT2D eigenvalue weighted by molar-refractivity contribution is 6.32. The molecule has 18 heavy (non-hydrogen) atoms. The van der Waals surface area contributed by atoms with Crippen LogP contribution in [0.3, 0.4) is 0 Å². The largest absolute Gasteiger partial charge is 0.416 e. The monoisotopic (exact) mass is 273 g/mol. The summed E-state index contributed by atoms with van der Waals surface area (Å²) in [7, 11) is 0. The summed E-state index contributed by atoms with van der Waals surface area (Å²) in [6, 6.07) is 3.53. The third kappa shape index (κ3) is 2.29. The number of rotatable bonds is 1. The number of benzene rings is 1. The second-order valence-electron chi connectivity index (χ2n) is 4.40. The molecule has 0 saturated heterocycles. The molecule has 0 amide bonds. The van der Waals surface area contributed by atoms with E-state index in [1.807, 2.05) is 13.8 Å². The van der Waals surface area contributed by atoms with Gasteiger partial charge in [0.25, 0.3) is 0 Å². The van der Waals surface area contributed by atoms with Crippen molar-refractivity contribution in [2.45, 2.75) is 25.9 Å². The van der Waals surface area contributed by atoms with Crippen LogP contribution in [0, 0.1) is 0 Å². The molecule has 1 aromatic carbocycles. The standard InChI is InChI=1S/C13H11ClF3N/c1-7(2)12-9-5-8(13(15,16)17)3-4-11(9)18-6-10(12)14/h3-7H,1-2H3. The molecule has 1 heterocycles. The second-order valence-corrected chi connectivity index (χ2v) is 4.81. The lowest BCUT2D eigenvalue weighted by Gasteiger charge is -2.14. The van der Waals surface area contributed by atoms with Crippen LogP contribution in [-0.4, -0.2) is 4.98 Å². The van der Waals surface area contributed by atoms with Gasteiger partial charge in [0.15, 0.2) is 0 Å². The van der Waals surface area contributed by atoms with Crippen molar-refractivity contribution in [1.82, 2.24) is 4.98 Å². The van der Waals surface area contributed by atoms with Crippen molar-refractivity contribution in [3.8, 4) is 0 Å². The summed E-state index contributed by atoms with van der Waals surface area (Å²) in [6.45, 7) is 3.78. The predicted octanol–water partition coefficient (Wildman–Crippen LogP) is 5.03. The van der Waals surface area contributed by atoms with E-state index < -0.39 is 11.7 Å². The van der Waals surface area contributed by atoms with Gasteiger partial charge in [-0.25, -0.2) is 0 Å². The smallest absolute Gasteiger partial charge is 0.255 e. The Labute approximate surface area is 108 Å². The topological polar surface area (TPSA) is 12.9 Å². The number of alkyl halides is 3. The number of hydrogen-bond acceptors (Lipinski definition) is 1. The Kier molecular flexibility index (Phi) is 3.23. The predicted molar refractivity (Wildman–Crippen MR) is 65.8 cm³/mol. The van der Waals surface area contributed by atoms with E-state index in [-0.39, 0.29) is 5.92 Å². The fourth-order valence-electron chi connectivity index (χ4n) is 1.95. The van der Waals surface area contributed by atoms with Crippen LogP contribution in [0.2, 0.25) is 5.02 Å². The second kappa shape index (κ2) is 4.43. The first-order chi connectivity index (χ1) is 8.30. The molecule has 0 aliphatic heterocycles. The molecule has 0 unspecified atom stereocenters. The van der Waals surface area contributed by atoms with Crippen molar-refractivity contribution in [3.05, 3.63) is 40.5 Å². The van der Waals surface area contributed by atoms with Crippen LogP contribution < -0.4 is 0 Å². The molecule has 2 rings (SSSR count). The van der Waals surface area contributed by atoms with Crippen LogP contribution in [0.5, 0.6) is 0 Å². The summed E-state index contributed by atoms with van der Waals surface area (Å²) in [5.74, 6) is 0.0338. The van der Waals surface area contributed by atoms with Crippen LogP contribution >= 0.6 is 11.6 Å². The first-order valence-corrected chi connectivity index (χ1v) is 5.84. The molecule has 5 heteroatoms. The van der Waals surface area contributed by atoms with E-state index in [0.717, 1.165) is 12.1 Å². The molecule has 0 spiro atoms. The quantitative estimate of drug-likeness (QED) is 0.710. The molecule has 0 N–H and O–H groups in total. The lowest BCUT2D eigenvalue weighted by Crippen LogP contribution is -2.05. The van der Waals surface area contributed by atoms with Gasteiger partial charge in [-0.05, 0) is 29.7 Å². The summed E-state index contributed by atoms with van der Waals surface area (Å²) in [4.78, 5) is 4.05. The SMILES string of the molecule is CC(C)c1c(Cl)cnc2ccc(C(F)(F)F)cc12. The summed E-state index contributed by atoms with van der Waals surface area (Å²) >= 11 is 6.02. The first kappa shape index (κ1) is 13.1. The van der Waals surface area contributed by atoms with Gasteiger partial charge in [0.05, 0.1) is 16.1 Å². The van der Waals surface area contributed by atoms with Crippen LogP contribution in [-0.2, 0) is 6.18 Å². The molecular weight excluding hydrogens is 263 g/mol. The van der Waals surface area contributed by atoms with Crippen LogP contribution in [0.25, 0.3) is 10.9 Å². The van der Waals surface area contributed by atoms with E-state index in [2.05, 4.69) is 4.98 Å². The molecule has 1 nitrogen and oxygen atoms in total. The normalized spacial score (nSPS) is 12.4. The Morgan fingerprint density at radius 3 is 2.44 bits per heavy atom. The number of aromatic nitrogens is 1. The van der Waals surface area contributed by atoms with Gasteiger partial charge in [-0.3, -0.25) is 4.98 Å². The van der Waals surface area contributed by atoms with E-state index in [1.165, 1.54) is 12.3 Å². The summed E-state index contributed by atoms with van der Waals surface area (Å²) < 4.78 is 38.1. The molecule has 0 aliphatic carbocycles. The number of pyridine rings is 1. The van der Waals surface area contributed by atoms with Crippen molar-refractivity contribution in [3.63, 3.8) is 0 Å². The third-order valence-electron chi connectivity index (χ3n) is 2.77. The molecule has 0 saturated carbocycles. The van der Waals surface area contributed by atoms with E-state index in [4.69, 9.17) is 11.6 Å². The van der Waals surface area contributed by atoms with Gasteiger partial charge in [0.2, 0.25) is 0 Å². The maximum Gasteiger partial charge on any atom is 0.416 e. The van der Waals surface area contributed by atoms with Crippen molar-refractivity contribution in [2.24, 2.45) is 0 Å². The van der Waals surface area contributed by atoms with Gasteiger partial charge < -0.3 is 0 Å². The summed E-state index contributed by atoms with van der Waals surface area (Å²) in [5.41, 5.74) is 0.546. The number of hydrogen-bond donors (Lipinski definition) is 0. The van der Waals surface area contributed by atoms with Crippen molar-refractivity contribution in [1.29, 1.82) is 0 Å². The van der Waals surface area contributed by atoms with E-state index in [0.29, 0.717) is 21.5 Å². The maximum absolute atomic E-state index is 12.7. The van der Waals surface area contributed by atoms with E-state index >= 15 is 0 Å². The molecule has 1 aromatic heterocycles. The molecule has 0 radical (unpaired) electrons. The Balaban J connectivity index is 2.77. The van der Waals surface area contributed by atoms with Crippen molar-refractivity contribution >= 4 is 22.5 Å². The number of halogens is 4. The molecule has 0 bridgehead atoms. The average molecular weight is 274 g/mol. The Hall–Kier alpha value is -1.29. The minimum absolute atomic E-state index is 0.0338. The fourth-order valence-corrected chi connectivity index (χ4v) is 2.32. The zero-order valence-electron chi connectivity index (χ0n) is 9.85. The minimum Gasteiger partial charge on any atom is -0.255 e. The zero-order chi connectivity index (χ0) is 13.5. The van der Waals surface area contributed by atoms with E-state index in [1.54, 1.807) is 0 Å². The Morgan fingerprint density at radius 1 is 1.22 bits per heavy atom. The van der Waals surface area contributed by atoms with Gasteiger partial charge in [0, 0.05) is 11.6 Å². The van der Waals surface area contributed by atoms with Crippen LogP contribution in [0.15, 0.2) is 24.4 Å². The van der Waals surface area contributed by atoms with Crippen LogP contribution in [0.4, 0.5) is 13.2 Å². The maximum atomic E-state index is 12.7. The lowest BCUT2D eigenvalue weighted by atomic mass is 9.97. The van der Waals surface area contributed by atoms with Crippen molar-refractivity contribution in [2.75, 3.05) is 0 Å². The summed E-state index contributed by atoms with van der Waals surface area (Å²) in [5, 5.41) is 0.865. The van der Waals surface area contributed by atoms with E-state index in [9.17, 15) is 13.2 Å². The Bertz CT molecular complexity index is 591. The van der Waals surface area contributed by atoms with Gasteiger partial charge in [-0.1, -0.05) is 25.4 Å². The van der Waals surface area contributed by atoms with Gasteiger partial charge in [0.1, 0.15) is 0 Å². The molecular formula is C13H11ClF3N. The minimum atomic E-state index is -4.36. The molecule has 2 aromatic rings. The molecule has 0 fully saturated rings. The molecule has 0 aliphatic rings. The summed E-state index contributed by atoms with van der Waals surface area (Å²) in [6.07, 6.45) is -2.88. The first-order valence-electron chi connectivity index (χ1n) is 5.46. The van der Waals surface area contributed by atoms with Gasteiger partial charge >= 0.3 is 6.18 Å². The third-order valence-corrected chi connectivity index (χ3v) is 3.07. The molecule has 96 valence electrons. The fraction of sp³-hybridized carbons (Fsp3) is 0.308. The highest BCUT2D eigenvalue weighted by Gasteiger charge is 2.30. The Morgan fingerprint density at radius 2 is 1.89 bits per heavy atom. The zero-order valence-corrected chi connectivity index (χ0v) is 10.6. The lowest BCUT2D eigenvalue weighted by molar-refractivity contribution is -0.137. The highest BCUT2D eigenvalue weighted by atomic mass is 35.5. The van der Waals surface area contributed by atoms with Gasteiger partial charge in [-0.15, -0.1) is 0 Å². The average Bonchev–Trinajstić information content (AvgIpc) is 2.26. The number of nitrogens with zero attached hydrogens (tertiary/aromatic N) is 1. The molecule has 0 atom stereocenters. The number of fused-ring (bicyclic) bond motifs is 1. The van der Waals surface area contributed by atoms with Gasteiger partial charge in [-0.2, -0.15) is 13.2 Å².